The fourth-order valence-electron chi connectivity index (χ4n) is 1.69. The van der Waals surface area contributed by atoms with Crippen LogP contribution in [0, 0.1) is 0 Å². The zero-order valence-corrected chi connectivity index (χ0v) is 9.25. The van der Waals surface area contributed by atoms with Crippen molar-refractivity contribution in [3.8, 4) is 0 Å². The molecule has 0 unspecified atom stereocenters. The van der Waals surface area contributed by atoms with Gasteiger partial charge in [0.15, 0.2) is 0 Å². The van der Waals surface area contributed by atoms with Gasteiger partial charge in [-0.15, -0.1) is 11.6 Å². The normalized spacial score (nSPS) is 22.4. The molecule has 1 saturated heterocycles. The largest absolute Gasteiger partial charge is 0.339 e. The van der Waals surface area contributed by atoms with Gasteiger partial charge in [0.05, 0.1) is 0 Å². The first kappa shape index (κ1) is 11.3. The number of amides is 2. The van der Waals surface area contributed by atoms with Crippen molar-refractivity contribution in [2.24, 2.45) is 0 Å². The maximum atomic E-state index is 11.3. The summed E-state index contributed by atoms with van der Waals surface area (Å²) < 4.78 is 0. The van der Waals surface area contributed by atoms with Gasteiger partial charge < -0.3 is 9.80 Å². The highest BCUT2D eigenvalue weighted by molar-refractivity contribution is 6.27. The molecule has 1 heterocycles. The lowest BCUT2D eigenvalue weighted by Gasteiger charge is -2.39. The molecule has 2 amide bonds. The predicted octanol–water partition coefficient (Wildman–Crippen LogP) is 0.304. The fourth-order valence-corrected chi connectivity index (χ4v) is 1.84. The predicted molar refractivity (Wildman–Crippen MR) is 54.1 cm³/mol. The van der Waals surface area contributed by atoms with Crippen LogP contribution in [-0.2, 0) is 9.59 Å². The smallest absolute Gasteiger partial charge is 0.237 e. The lowest BCUT2D eigenvalue weighted by molar-refractivity contribution is -0.139. The van der Waals surface area contributed by atoms with Crippen LogP contribution in [0.1, 0.15) is 13.8 Å². The Kier molecular flexibility index (Phi) is 3.75. The first-order chi connectivity index (χ1) is 6.56. The van der Waals surface area contributed by atoms with Gasteiger partial charge in [-0.2, -0.15) is 0 Å². The Balaban J connectivity index is 2.56. The van der Waals surface area contributed by atoms with Gasteiger partial charge in [-0.3, -0.25) is 9.59 Å². The van der Waals surface area contributed by atoms with Gasteiger partial charge in [0.1, 0.15) is 5.88 Å². The second-order valence-corrected chi connectivity index (χ2v) is 3.80. The van der Waals surface area contributed by atoms with Gasteiger partial charge in [0.25, 0.3) is 0 Å². The summed E-state index contributed by atoms with van der Waals surface area (Å²) in [7, 11) is 0. The molecule has 0 aromatic carbocycles. The van der Waals surface area contributed by atoms with Gasteiger partial charge in [-0.1, -0.05) is 0 Å². The molecule has 1 atom stereocenters. The van der Waals surface area contributed by atoms with Crippen molar-refractivity contribution >= 4 is 23.4 Å². The minimum absolute atomic E-state index is 0.0183. The molecule has 0 spiro atoms. The number of rotatable bonds is 1. The summed E-state index contributed by atoms with van der Waals surface area (Å²) in [6.07, 6.45) is 0. The molecule has 0 bridgehead atoms. The van der Waals surface area contributed by atoms with E-state index in [1.165, 1.54) is 0 Å². The lowest BCUT2D eigenvalue weighted by Crippen LogP contribution is -2.55. The number of alkyl halides is 1. The first-order valence-electron chi connectivity index (χ1n) is 4.67. The second kappa shape index (κ2) is 4.64. The van der Waals surface area contributed by atoms with Crippen molar-refractivity contribution < 1.29 is 9.59 Å². The molecule has 1 aliphatic heterocycles. The van der Waals surface area contributed by atoms with Gasteiger partial charge in [0.2, 0.25) is 11.8 Å². The Morgan fingerprint density at radius 3 is 2.50 bits per heavy atom. The quantitative estimate of drug-likeness (QED) is 0.595. The van der Waals surface area contributed by atoms with E-state index in [9.17, 15) is 9.59 Å². The Labute approximate surface area is 88.8 Å². The summed E-state index contributed by atoms with van der Waals surface area (Å²) in [5, 5.41) is 0. The van der Waals surface area contributed by atoms with Crippen LogP contribution in [0.25, 0.3) is 0 Å². The number of carbonyl (C=O) groups is 2. The van der Waals surface area contributed by atoms with E-state index in [0.717, 1.165) is 0 Å². The molecular formula is C9H15ClN2O2. The SMILES string of the molecule is CC(=O)N1CCN(C(=O)CCl)[C@H](C)C1. The molecule has 0 N–H and O–H groups in total. The van der Waals surface area contributed by atoms with Crippen molar-refractivity contribution in [1.29, 1.82) is 0 Å². The Morgan fingerprint density at radius 2 is 2.07 bits per heavy atom. The molecule has 80 valence electrons. The topological polar surface area (TPSA) is 40.6 Å². The van der Waals surface area contributed by atoms with E-state index in [1.807, 2.05) is 6.92 Å². The molecule has 14 heavy (non-hydrogen) atoms. The lowest BCUT2D eigenvalue weighted by atomic mass is 10.2. The monoisotopic (exact) mass is 218 g/mol. The average Bonchev–Trinajstić information content (AvgIpc) is 2.16. The van der Waals surface area contributed by atoms with Crippen LogP contribution in [0.15, 0.2) is 0 Å². The molecular weight excluding hydrogens is 204 g/mol. The van der Waals surface area contributed by atoms with Crippen LogP contribution in [0.2, 0.25) is 0 Å². The molecule has 0 aromatic rings. The highest BCUT2D eigenvalue weighted by atomic mass is 35.5. The van der Waals surface area contributed by atoms with Crippen LogP contribution >= 0.6 is 11.6 Å². The van der Waals surface area contributed by atoms with E-state index in [-0.39, 0.29) is 23.7 Å². The number of carbonyl (C=O) groups excluding carboxylic acids is 2. The average molecular weight is 219 g/mol. The van der Waals surface area contributed by atoms with Gasteiger partial charge >= 0.3 is 0 Å². The van der Waals surface area contributed by atoms with Crippen molar-refractivity contribution in [3.05, 3.63) is 0 Å². The number of piperazine rings is 1. The van der Waals surface area contributed by atoms with Crippen molar-refractivity contribution in [3.63, 3.8) is 0 Å². The summed E-state index contributed by atoms with van der Waals surface area (Å²) in [5.74, 6) is 0.0296. The Bertz CT molecular complexity index is 245. The van der Waals surface area contributed by atoms with Gasteiger partial charge in [-0.25, -0.2) is 0 Å². The third-order valence-corrected chi connectivity index (χ3v) is 2.74. The molecule has 1 aliphatic rings. The molecule has 0 radical (unpaired) electrons. The molecule has 0 saturated carbocycles. The van der Waals surface area contributed by atoms with E-state index in [2.05, 4.69) is 0 Å². The van der Waals surface area contributed by atoms with Crippen LogP contribution in [-0.4, -0.2) is 53.2 Å². The van der Waals surface area contributed by atoms with Crippen LogP contribution in [0.4, 0.5) is 0 Å². The summed E-state index contributed by atoms with van der Waals surface area (Å²) in [4.78, 5) is 25.9. The highest BCUT2D eigenvalue weighted by Gasteiger charge is 2.27. The molecule has 0 aliphatic carbocycles. The van der Waals surface area contributed by atoms with E-state index in [1.54, 1.807) is 16.7 Å². The van der Waals surface area contributed by atoms with Crippen LogP contribution < -0.4 is 0 Å². The Hall–Kier alpha value is -0.770. The summed E-state index contributed by atoms with van der Waals surface area (Å²) in [5.41, 5.74) is 0. The van der Waals surface area contributed by atoms with Crippen molar-refractivity contribution in [2.75, 3.05) is 25.5 Å². The molecule has 5 heteroatoms. The summed E-state index contributed by atoms with van der Waals surface area (Å²) in [6.45, 7) is 5.29. The maximum Gasteiger partial charge on any atom is 0.237 e. The molecule has 1 fully saturated rings. The van der Waals surface area contributed by atoms with Crippen LogP contribution in [0.3, 0.4) is 0 Å². The molecule has 0 aromatic heterocycles. The number of hydrogen-bond donors (Lipinski definition) is 0. The van der Waals surface area contributed by atoms with Gasteiger partial charge in [-0.05, 0) is 6.92 Å². The molecule has 1 rings (SSSR count). The van der Waals surface area contributed by atoms with E-state index < -0.39 is 0 Å². The first-order valence-corrected chi connectivity index (χ1v) is 5.20. The fraction of sp³-hybridized carbons (Fsp3) is 0.778. The highest BCUT2D eigenvalue weighted by Crippen LogP contribution is 2.10. The standard InChI is InChI=1S/C9H15ClN2O2/c1-7-6-11(8(2)13)3-4-12(7)9(14)5-10/h7H,3-6H2,1-2H3/t7-/m1/s1. The third-order valence-electron chi connectivity index (χ3n) is 2.51. The Morgan fingerprint density at radius 1 is 1.43 bits per heavy atom. The van der Waals surface area contributed by atoms with E-state index in [0.29, 0.717) is 19.6 Å². The minimum atomic E-state index is -0.0534. The maximum absolute atomic E-state index is 11.3. The van der Waals surface area contributed by atoms with Crippen LogP contribution in [0.5, 0.6) is 0 Å². The number of hydrogen-bond acceptors (Lipinski definition) is 2. The third kappa shape index (κ3) is 2.38. The number of nitrogens with zero attached hydrogens (tertiary/aromatic N) is 2. The zero-order chi connectivity index (χ0) is 10.7. The van der Waals surface area contributed by atoms with Crippen molar-refractivity contribution in [1.82, 2.24) is 9.80 Å². The van der Waals surface area contributed by atoms with Crippen molar-refractivity contribution in [2.45, 2.75) is 19.9 Å². The summed E-state index contributed by atoms with van der Waals surface area (Å²) >= 11 is 5.48. The van der Waals surface area contributed by atoms with E-state index in [4.69, 9.17) is 11.6 Å². The second-order valence-electron chi connectivity index (χ2n) is 3.53. The zero-order valence-electron chi connectivity index (χ0n) is 8.49. The number of halogens is 1. The minimum Gasteiger partial charge on any atom is -0.339 e. The van der Waals surface area contributed by atoms with E-state index >= 15 is 0 Å². The summed E-state index contributed by atoms with van der Waals surface area (Å²) in [6, 6.07) is 0.0684. The molecule has 4 nitrogen and oxygen atoms in total. The van der Waals surface area contributed by atoms with Gasteiger partial charge in [0, 0.05) is 32.6 Å².